The van der Waals surface area contributed by atoms with Crippen LogP contribution in [0.3, 0.4) is 0 Å². The molecule has 0 bridgehead atoms. The molecule has 0 aliphatic carbocycles. The first-order valence-corrected chi connectivity index (χ1v) is 10.6. The molecule has 7 heteroatoms. The SMILES string of the molecule is O=C(/C=C/c1cn(-c2ccccc2)nc1-c1cccs1)NCCN1CCOCC1. The molecule has 2 aromatic heterocycles. The van der Waals surface area contributed by atoms with Crippen LogP contribution in [0.2, 0.25) is 0 Å². The molecular formula is C22H24N4O2S. The van der Waals surface area contributed by atoms with E-state index in [1.165, 1.54) is 0 Å². The van der Waals surface area contributed by atoms with Gasteiger partial charge in [0.05, 0.1) is 23.8 Å². The smallest absolute Gasteiger partial charge is 0.244 e. The highest BCUT2D eigenvalue weighted by Crippen LogP contribution is 2.28. The number of hydrogen-bond donors (Lipinski definition) is 1. The number of morpholine rings is 1. The van der Waals surface area contributed by atoms with Gasteiger partial charge in [0, 0.05) is 44.0 Å². The number of benzene rings is 1. The Morgan fingerprint density at radius 1 is 1.17 bits per heavy atom. The lowest BCUT2D eigenvalue weighted by atomic mass is 10.2. The van der Waals surface area contributed by atoms with Gasteiger partial charge in [-0.3, -0.25) is 9.69 Å². The number of para-hydroxylation sites is 1. The van der Waals surface area contributed by atoms with Gasteiger partial charge >= 0.3 is 0 Å². The molecule has 150 valence electrons. The van der Waals surface area contributed by atoms with Crippen molar-refractivity contribution in [2.24, 2.45) is 0 Å². The molecule has 0 saturated carbocycles. The minimum atomic E-state index is -0.0946. The zero-order valence-corrected chi connectivity index (χ0v) is 17.0. The average molecular weight is 409 g/mol. The first-order valence-electron chi connectivity index (χ1n) is 9.74. The van der Waals surface area contributed by atoms with Gasteiger partial charge in [0.25, 0.3) is 0 Å². The van der Waals surface area contributed by atoms with Crippen molar-refractivity contribution in [2.75, 3.05) is 39.4 Å². The van der Waals surface area contributed by atoms with Crippen molar-refractivity contribution in [1.82, 2.24) is 20.0 Å². The van der Waals surface area contributed by atoms with Gasteiger partial charge < -0.3 is 10.1 Å². The van der Waals surface area contributed by atoms with E-state index in [1.54, 1.807) is 17.4 Å². The third-order valence-electron chi connectivity index (χ3n) is 4.76. The molecule has 29 heavy (non-hydrogen) atoms. The van der Waals surface area contributed by atoms with E-state index in [4.69, 9.17) is 9.84 Å². The normalized spacial score (nSPS) is 15.0. The Morgan fingerprint density at radius 2 is 2.00 bits per heavy atom. The summed E-state index contributed by atoms with van der Waals surface area (Å²) in [5.74, 6) is -0.0946. The van der Waals surface area contributed by atoms with E-state index in [0.29, 0.717) is 6.54 Å². The third-order valence-corrected chi connectivity index (χ3v) is 5.64. The lowest BCUT2D eigenvalue weighted by Crippen LogP contribution is -2.41. The molecule has 3 heterocycles. The zero-order chi connectivity index (χ0) is 19.9. The highest BCUT2D eigenvalue weighted by atomic mass is 32.1. The molecule has 0 radical (unpaired) electrons. The molecule has 6 nitrogen and oxygen atoms in total. The van der Waals surface area contributed by atoms with Gasteiger partial charge in [-0.15, -0.1) is 11.3 Å². The number of nitrogens with zero attached hydrogens (tertiary/aromatic N) is 3. The maximum atomic E-state index is 12.3. The lowest BCUT2D eigenvalue weighted by Gasteiger charge is -2.26. The number of rotatable bonds is 7. The molecule has 4 rings (SSSR count). The Hall–Kier alpha value is -2.74. The van der Waals surface area contributed by atoms with Crippen molar-refractivity contribution >= 4 is 23.3 Å². The maximum absolute atomic E-state index is 12.3. The molecule has 1 N–H and O–H groups in total. The highest BCUT2D eigenvalue weighted by molar-refractivity contribution is 7.13. The molecular weight excluding hydrogens is 384 g/mol. The molecule has 1 fully saturated rings. The molecule has 1 aliphatic heterocycles. The summed E-state index contributed by atoms with van der Waals surface area (Å²) in [7, 11) is 0. The van der Waals surface area contributed by atoms with Gasteiger partial charge in [-0.2, -0.15) is 5.10 Å². The maximum Gasteiger partial charge on any atom is 0.244 e. The molecule has 1 aromatic carbocycles. The van der Waals surface area contributed by atoms with Gasteiger partial charge in [0.15, 0.2) is 0 Å². The Balaban J connectivity index is 1.44. The van der Waals surface area contributed by atoms with Crippen LogP contribution in [0, 0.1) is 0 Å². The second kappa shape index (κ2) is 9.65. The summed E-state index contributed by atoms with van der Waals surface area (Å²) in [6.07, 6.45) is 5.39. The Bertz CT molecular complexity index is 945. The van der Waals surface area contributed by atoms with Crippen molar-refractivity contribution < 1.29 is 9.53 Å². The molecule has 0 atom stereocenters. The van der Waals surface area contributed by atoms with Crippen LogP contribution in [0.1, 0.15) is 5.56 Å². The standard InChI is InChI=1S/C22H24N4O2S/c27-21(23-10-11-25-12-14-28-15-13-25)9-8-18-17-26(19-5-2-1-3-6-19)24-22(18)20-7-4-16-29-20/h1-9,16-17H,10-15H2,(H,23,27)/b9-8+. The molecule has 1 amide bonds. The lowest BCUT2D eigenvalue weighted by molar-refractivity contribution is -0.116. The number of amides is 1. The fourth-order valence-electron chi connectivity index (χ4n) is 3.21. The van der Waals surface area contributed by atoms with Crippen molar-refractivity contribution in [3.05, 3.63) is 65.7 Å². The van der Waals surface area contributed by atoms with Crippen molar-refractivity contribution in [3.63, 3.8) is 0 Å². The summed E-state index contributed by atoms with van der Waals surface area (Å²) in [5.41, 5.74) is 2.78. The predicted octanol–water partition coefficient (Wildman–Crippen LogP) is 3.06. The highest BCUT2D eigenvalue weighted by Gasteiger charge is 2.12. The summed E-state index contributed by atoms with van der Waals surface area (Å²) in [6.45, 7) is 4.86. The number of carbonyl (C=O) groups excluding carboxylic acids is 1. The Kier molecular flexibility index (Phi) is 6.51. The monoisotopic (exact) mass is 408 g/mol. The molecule has 1 aliphatic rings. The summed E-state index contributed by atoms with van der Waals surface area (Å²) >= 11 is 1.64. The number of carbonyl (C=O) groups is 1. The van der Waals surface area contributed by atoms with Crippen molar-refractivity contribution in [3.8, 4) is 16.3 Å². The van der Waals surface area contributed by atoms with Crippen LogP contribution in [0.4, 0.5) is 0 Å². The number of thiophene rings is 1. The summed E-state index contributed by atoms with van der Waals surface area (Å²) in [4.78, 5) is 15.6. The van der Waals surface area contributed by atoms with E-state index in [-0.39, 0.29) is 5.91 Å². The fourth-order valence-corrected chi connectivity index (χ4v) is 3.94. The average Bonchev–Trinajstić information content (AvgIpc) is 3.43. The van der Waals surface area contributed by atoms with Gasteiger partial charge in [0.2, 0.25) is 5.91 Å². The molecule has 1 saturated heterocycles. The van der Waals surface area contributed by atoms with E-state index < -0.39 is 0 Å². The van der Waals surface area contributed by atoms with Crippen LogP contribution in [0.5, 0.6) is 0 Å². The van der Waals surface area contributed by atoms with E-state index in [0.717, 1.165) is 54.7 Å². The quantitative estimate of drug-likeness (QED) is 0.611. The molecule has 0 spiro atoms. The summed E-state index contributed by atoms with van der Waals surface area (Å²) in [6, 6.07) is 14.0. The third kappa shape index (κ3) is 5.20. The zero-order valence-electron chi connectivity index (χ0n) is 16.2. The van der Waals surface area contributed by atoms with E-state index in [1.807, 2.05) is 64.8 Å². The summed E-state index contributed by atoms with van der Waals surface area (Å²) in [5, 5.41) is 9.74. The van der Waals surface area contributed by atoms with Crippen LogP contribution in [0.25, 0.3) is 22.3 Å². The van der Waals surface area contributed by atoms with E-state index >= 15 is 0 Å². The minimum Gasteiger partial charge on any atom is -0.379 e. The number of hydrogen-bond acceptors (Lipinski definition) is 5. The van der Waals surface area contributed by atoms with Crippen molar-refractivity contribution in [2.45, 2.75) is 0 Å². The topological polar surface area (TPSA) is 59.4 Å². The van der Waals surface area contributed by atoms with Crippen LogP contribution in [-0.2, 0) is 9.53 Å². The largest absolute Gasteiger partial charge is 0.379 e. The molecule has 3 aromatic rings. The van der Waals surface area contributed by atoms with E-state index in [9.17, 15) is 4.79 Å². The van der Waals surface area contributed by atoms with Crippen molar-refractivity contribution in [1.29, 1.82) is 0 Å². The fraction of sp³-hybridized carbons (Fsp3) is 0.273. The van der Waals surface area contributed by atoms with Gasteiger partial charge in [-0.05, 0) is 29.7 Å². The second-order valence-electron chi connectivity index (χ2n) is 6.77. The predicted molar refractivity (Wildman–Crippen MR) is 116 cm³/mol. The minimum absolute atomic E-state index is 0.0946. The number of ether oxygens (including phenoxy) is 1. The first-order chi connectivity index (χ1) is 14.3. The van der Waals surface area contributed by atoms with E-state index in [2.05, 4.69) is 10.2 Å². The van der Waals surface area contributed by atoms with Gasteiger partial charge in [-0.1, -0.05) is 24.3 Å². The number of nitrogens with one attached hydrogen (secondary N) is 1. The van der Waals surface area contributed by atoms with Gasteiger partial charge in [0.1, 0.15) is 5.69 Å². The second-order valence-corrected chi connectivity index (χ2v) is 7.72. The van der Waals surface area contributed by atoms with Crippen LogP contribution in [0.15, 0.2) is 60.1 Å². The van der Waals surface area contributed by atoms with Crippen LogP contribution >= 0.6 is 11.3 Å². The van der Waals surface area contributed by atoms with Crippen LogP contribution in [-0.4, -0.2) is 60.0 Å². The molecule has 0 unspecified atom stereocenters. The number of aromatic nitrogens is 2. The Labute approximate surface area is 174 Å². The van der Waals surface area contributed by atoms with Crippen LogP contribution < -0.4 is 5.32 Å². The first kappa shape index (κ1) is 19.6. The van der Waals surface area contributed by atoms with Gasteiger partial charge in [-0.25, -0.2) is 4.68 Å². The summed E-state index contributed by atoms with van der Waals surface area (Å²) < 4.78 is 7.20. The Morgan fingerprint density at radius 3 is 2.76 bits per heavy atom.